The summed E-state index contributed by atoms with van der Waals surface area (Å²) in [6.07, 6.45) is 2.17. The number of hydrogen-bond acceptors (Lipinski definition) is 3. The standard InChI is InChI=1S/C15H22BrNO2/c1-11-6-13(16)7-12(14(11)19)8-17-5-3-4-15(2,9-17)10-18/h6-7,18-19H,3-5,8-10H2,1-2H3. The first-order valence-electron chi connectivity index (χ1n) is 6.75. The molecule has 0 bridgehead atoms. The van der Waals surface area contributed by atoms with Crippen molar-refractivity contribution in [3.63, 3.8) is 0 Å². The van der Waals surface area contributed by atoms with Crippen molar-refractivity contribution < 1.29 is 10.2 Å². The number of halogens is 1. The summed E-state index contributed by atoms with van der Waals surface area (Å²) in [4.78, 5) is 2.32. The van der Waals surface area contributed by atoms with Crippen molar-refractivity contribution in [2.45, 2.75) is 33.2 Å². The molecule has 3 nitrogen and oxygen atoms in total. The molecule has 1 atom stereocenters. The normalized spacial score (nSPS) is 24.6. The molecule has 106 valence electrons. The molecule has 0 amide bonds. The average molecular weight is 328 g/mol. The van der Waals surface area contributed by atoms with Crippen LogP contribution in [0.5, 0.6) is 5.75 Å². The molecule has 1 aromatic rings. The maximum Gasteiger partial charge on any atom is 0.123 e. The van der Waals surface area contributed by atoms with E-state index in [-0.39, 0.29) is 12.0 Å². The Morgan fingerprint density at radius 2 is 2.16 bits per heavy atom. The second kappa shape index (κ2) is 5.81. The number of phenolic OH excluding ortho intramolecular Hbond substituents is 1. The number of aliphatic hydroxyl groups excluding tert-OH is 1. The van der Waals surface area contributed by atoms with Gasteiger partial charge < -0.3 is 10.2 Å². The van der Waals surface area contributed by atoms with Crippen molar-refractivity contribution in [2.24, 2.45) is 5.41 Å². The third-order valence-electron chi connectivity index (χ3n) is 3.98. The van der Waals surface area contributed by atoms with Crippen LogP contribution in [0.4, 0.5) is 0 Å². The molecule has 0 radical (unpaired) electrons. The van der Waals surface area contributed by atoms with Crippen molar-refractivity contribution in [3.05, 3.63) is 27.7 Å². The lowest BCUT2D eigenvalue weighted by molar-refractivity contribution is 0.0426. The SMILES string of the molecule is Cc1cc(Br)cc(CN2CCCC(C)(CO)C2)c1O. The third kappa shape index (κ3) is 3.50. The smallest absolute Gasteiger partial charge is 0.123 e. The Labute approximate surface area is 123 Å². The Balaban J connectivity index is 2.13. The van der Waals surface area contributed by atoms with Crippen molar-refractivity contribution in [2.75, 3.05) is 19.7 Å². The molecule has 4 heteroatoms. The van der Waals surface area contributed by atoms with Gasteiger partial charge in [0.15, 0.2) is 0 Å². The molecular weight excluding hydrogens is 306 g/mol. The quantitative estimate of drug-likeness (QED) is 0.896. The third-order valence-corrected chi connectivity index (χ3v) is 4.44. The van der Waals surface area contributed by atoms with E-state index in [2.05, 4.69) is 27.8 Å². The van der Waals surface area contributed by atoms with Gasteiger partial charge in [0.1, 0.15) is 5.75 Å². The first-order valence-corrected chi connectivity index (χ1v) is 7.54. The predicted molar refractivity (Wildman–Crippen MR) is 80.2 cm³/mol. The highest BCUT2D eigenvalue weighted by Gasteiger charge is 2.30. The lowest BCUT2D eigenvalue weighted by Crippen LogP contribution is -2.43. The number of benzene rings is 1. The predicted octanol–water partition coefficient (Wildman–Crippen LogP) is 3.06. The summed E-state index contributed by atoms with van der Waals surface area (Å²) in [5.74, 6) is 0.388. The minimum absolute atomic E-state index is 0.00503. The first kappa shape index (κ1) is 14.8. The van der Waals surface area contributed by atoms with Crippen LogP contribution in [0.25, 0.3) is 0 Å². The van der Waals surface area contributed by atoms with Crippen LogP contribution in [0, 0.1) is 12.3 Å². The number of hydrogen-bond donors (Lipinski definition) is 2. The minimum atomic E-state index is -0.00503. The van der Waals surface area contributed by atoms with Crippen LogP contribution in [-0.4, -0.2) is 34.8 Å². The number of likely N-dealkylation sites (tertiary alicyclic amines) is 1. The van der Waals surface area contributed by atoms with Gasteiger partial charge in [0.05, 0.1) is 0 Å². The van der Waals surface area contributed by atoms with Crippen molar-refractivity contribution in [1.29, 1.82) is 0 Å². The monoisotopic (exact) mass is 327 g/mol. The molecule has 1 fully saturated rings. The Morgan fingerprint density at radius 3 is 2.84 bits per heavy atom. The lowest BCUT2D eigenvalue weighted by atomic mass is 9.82. The second-order valence-corrected chi connectivity index (χ2v) is 6.93. The number of rotatable bonds is 3. The van der Waals surface area contributed by atoms with Crippen LogP contribution in [0.15, 0.2) is 16.6 Å². The fourth-order valence-electron chi connectivity index (χ4n) is 2.86. The highest BCUT2D eigenvalue weighted by molar-refractivity contribution is 9.10. The Hall–Kier alpha value is -0.580. The molecule has 0 saturated carbocycles. The molecule has 0 aliphatic carbocycles. The Bertz CT molecular complexity index is 464. The molecule has 19 heavy (non-hydrogen) atoms. The zero-order chi connectivity index (χ0) is 14.0. The maximum atomic E-state index is 10.1. The topological polar surface area (TPSA) is 43.7 Å². The van der Waals surface area contributed by atoms with E-state index in [1.165, 1.54) is 0 Å². The highest BCUT2D eigenvalue weighted by Crippen LogP contribution is 2.32. The van der Waals surface area contributed by atoms with Crippen LogP contribution >= 0.6 is 15.9 Å². The van der Waals surface area contributed by atoms with Crippen molar-refractivity contribution in [3.8, 4) is 5.75 Å². The molecule has 0 aromatic heterocycles. The Morgan fingerprint density at radius 1 is 1.42 bits per heavy atom. The maximum absolute atomic E-state index is 10.1. The van der Waals surface area contributed by atoms with Gasteiger partial charge in [-0.2, -0.15) is 0 Å². The number of piperidine rings is 1. The average Bonchev–Trinajstić information content (AvgIpc) is 2.35. The van der Waals surface area contributed by atoms with Crippen LogP contribution in [0.2, 0.25) is 0 Å². The van der Waals surface area contributed by atoms with Gasteiger partial charge in [-0.15, -0.1) is 0 Å². The number of aliphatic hydroxyl groups is 1. The molecule has 2 rings (SSSR count). The second-order valence-electron chi connectivity index (χ2n) is 6.01. The molecule has 1 aromatic carbocycles. The van der Waals surface area contributed by atoms with E-state index in [1.54, 1.807) is 0 Å². The molecule has 1 unspecified atom stereocenters. The van der Waals surface area contributed by atoms with E-state index in [0.717, 1.165) is 48.1 Å². The molecule has 1 aliphatic rings. The van der Waals surface area contributed by atoms with Gasteiger partial charge in [-0.3, -0.25) is 4.90 Å². The van der Waals surface area contributed by atoms with Crippen molar-refractivity contribution in [1.82, 2.24) is 4.90 Å². The first-order chi connectivity index (χ1) is 8.93. The van der Waals surface area contributed by atoms with Gasteiger partial charge in [-0.05, 0) is 44.0 Å². The van der Waals surface area contributed by atoms with E-state index >= 15 is 0 Å². The minimum Gasteiger partial charge on any atom is -0.507 e. The van der Waals surface area contributed by atoms with E-state index in [0.29, 0.717) is 5.75 Å². The Kier molecular flexibility index (Phi) is 4.54. The van der Waals surface area contributed by atoms with Crippen LogP contribution in [0.3, 0.4) is 0 Å². The summed E-state index contributed by atoms with van der Waals surface area (Å²) in [6.45, 7) is 6.92. The molecule has 0 spiro atoms. The summed E-state index contributed by atoms with van der Waals surface area (Å²) in [6, 6.07) is 3.90. The van der Waals surface area contributed by atoms with E-state index in [4.69, 9.17) is 0 Å². The number of aromatic hydroxyl groups is 1. The molecule has 1 heterocycles. The molecule has 1 aliphatic heterocycles. The lowest BCUT2D eigenvalue weighted by Gasteiger charge is -2.39. The molecule has 1 saturated heterocycles. The largest absolute Gasteiger partial charge is 0.507 e. The van der Waals surface area contributed by atoms with Gasteiger partial charge >= 0.3 is 0 Å². The van der Waals surface area contributed by atoms with Gasteiger partial charge in [-0.1, -0.05) is 22.9 Å². The number of phenols is 1. The van der Waals surface area contributed by atoms with E-state index < -0.39 is 0 Å². The van der Waals surface area contributed by atoms with Gasteiger partial charge in [0.2, 0.25) is 0 Å². The summed E-state index contributed by atoms with van der Waals surface area (Å²) in [5, 5.41) is 19.6. The summed E-state index contributed by atoms with van der Waals surface area (Å²) in [5.41, 5.74) is 1.84. The number of aryl methyl sites for hydroxylation is 1. The van der Waals surface area contributed by atoms with Gasteiger partial charge in [-0.25, -0.2) is 0 Å². The highest BCUT2D eigenvalue weighted by atomic mass is 79.9. The van der Waals surface area contributed by atoms with Gasteiger partial charge in [0, 0.05) is 35.1 Å². The summed E-state index contributed by atoms with van der Waals surface area (Å²) < 4.78 is 1.000. The zero-order valence-electron chi connectivity index (χ0n) is 11.6. The van der Waals surface area contributed by atoms with Crippen LogP contribution < -0.4 is 0 Å². The van der Waals surface area contributed by atoms with E-state index in [9.17, 15) is 10.2 Å². The van der Waals surface area contributed by atoms with E-state index in [1.807, 2.05) is 19.1 Å². The molecular formula is C15H22BrNO2. The summed E-state index contributed by atoms with van der Waals surface area (Å²) >= 11 is 3.48. The summed E-state index contributed by atoms with van der Waals surface area (Å²) in [7, 11) is 0. The van der Waals surface area contributed by atoms with Crippen molar-refractivity contribution >= 4 is 15.9 Å². The van der Waals surface area contributed by atoms with Crippen LogP contribution in [-0.2, 0) is 6.54 Å². The van der Waals surface area contributed by atoms with Gasteiger partial charge in [0.25, 0.3) is 0 Å². The molecule has 2 N–H and O–H groups in total. The van der Waals surface area contributed by atoms with Crippen LogP contribution in [0.1, 0.15) is 30.9 Å². The number of nitrogens with zero attached hydrogens (tertiary/aromatic N) is 1. The zero-order valence-corrected chi connectivity index (χ0v) is 13.2. The fraction of sp³-hybridized carbons (Fsp3) is 0.600. The fourth-order valence-corrected chi connectivity index (χ4v) is 3.48.